The molecule has 0 spiro atoms. The molecule has 0 unspecified atom stereocenters. The Hall–Kier alpha value is -0.990. The van der Waals surface area contributed by atoms with Crippen molar-refractivity contribution in [3.63, 3.8) is 0 Å². The minimum absolute atomic E-state index is 0.172. The highest BCUT2D eigenvalue weighted by Crippen LogP contribution is 2.00. The lowest BCUT2D eigenvalue weighted by atomic mass is 10.1. The van der Waals surface area contributed by atoms with Crippen LogP contribution in [0.4, 0.5) is 0 Å². The minimum Gasteiger partial charge on any atom is -0.543 e. The molecule has 0 heterocycles. The SMILES string of the molecule is CC(C)C/C=C(\N)C(=O)[O-]. The molecule has 0 aromatic heterocycles. The number of hydrogen-bond donors (Lipinski definition) is 1. The Balaban J connectivity index is 3.81. The third-order valence-corrected chi connectivity index (χ3v) is 1.04. The third-order valence-electron chi connectivity index (χ3n) is 1.04. The molecular formula is C7H12NO2-. The normalized spacial score (nSPS) is 12.1. The number of carboxylic acid groups (broad SMARTS) is 1. The zero-order valence-electron chi connectivity index (χ0n) is 6.26. The van der Waals surface area contributed by atoms with E-state index >= 15 is 0 Å². The smallest absolute Gasteiger partial charge is 0.0869 e. The first-order valence-corrected chi connectivity index (χ1v) is 3.21. The quantitative estimate of drug-likeness (QED) is 0.546. The molecule has 0 amide bonds. The van der Waals surface area contributed by atoms with E-state index in [0.29, 0.717) is 12.3 Å². The van der Waals surface area contributed by atoms with Gasteiger partial charge in [-0.1, -0.05) is 19.9 Å². The summed E-state index contributed by atoms with van der Waals surface area (Å²) in [7, 11) is 0. The summed E-state index contributed by atoms with van der Waals surface area (Å²) in [5.41, 5.74) is 4.89. The lowest BCUT2D eigenvalue weighted by molar-refractivity contribution is -0.299. The Kier molecular flexibility index (Phi) is 3.54. The van der Waals surface area contributed by atoms with E-state index in [4.69, 9.17) is 5.73 Å². The predicted octanol–water partition coefficient (Wildman–Crippen LogP) is -0.375. The van der Waals surface area contributed by atoms with E-state index in [1.165, 1.54) is 6.08 Å². The van der Waals surface area contributed by atoms with Crippen LogP contribution >= 0.6 is 0 Å². The van der Waals surface area contributed by atoms with Crippen LogP contribution in [0.2, 0.25) is 0 Å². The van der Waals surface area contributed by atoms with Gasteiger partial charge in [-0.25, -0.2) is 0 Å². The Morgan fingerprint density at radius 2 is 2.20 bits per heavy atom. The van der Waals surface area contributed by atoms with Gasteiger partial charge in [-0.3, -0.25) is 0 Å². The van der Waals surface area contributed by atoms with E-state index in [9.17, 15) is 9.90 Å². The van der Waals surface area contributed by atoms with Crippen molar-refractivity contribution in [2.24, 2.45) is 11.7 Å². The lowest BCUT2D eigenvalue weighted by Crippen LogP contribution is -2.28. The first-order chi connectivity index (χ1) is 4.54. The maximum Gasteiger partial charge on any atom is 0.0869 e. The summed E-state index contributed by atoms with van der Waals surface area (Å²) in [6, 6.07) is 0. The largest absolute Gasteiger partial charge is 0.543 e. The van der Waals surface area contributed by atoms with Crippen molar-refractivity contribution >= 4 is 5.97 Å². The number of aliphatic carboxylic acids is 1. The number of carbonyl (C=O) groups excluding carboxylic acids is 1. The van der Waals surface area contributed by atoms with Gasteiger partial charge in [-0.05, 0) is 12.3 Å². The molecule has 3 heteroatoms. The molecule has 0 aliphatic rings. The summed E-state index contributed by atoms with van der Waals surface area (Å²) in [5, 5.41) is 10.0. The molecule has 0 saturated carbocycles. The lowest BCUT2D eigenvalue weighted by Gasteiger charge is -2.02. The molecule has 0 aromatic rings. The van der Waals surface area contributed by atoms with Crippen LogP contribution in [-0.4, -0.2) is 5.97 Å². The van der Waals surface area contributed by atoms with Crippen molar-refractivity contribution in [1.29, 1.82) is 0 Å². The van der Waals surface area contributed by atoms with Gasteiger partial charge in [0.1, 0.15) is 0 Å². The summed E-state index contributed by atoms with van der Waals surface area (Å²) in [6.07, 6.45) is 2.15. The summed E-state index contributed by atoms with van der Waals surface area (Å²) < 4.78 is 0. The number of nitrogens with two attached hydrogens (primary N) is 1. The second-order valence-electron chi connectivity index (χ2n) is 2.58. The van der Waals surface area contributed by atoms with Crippen LogP contribution < -0.4 is 10.8 Å². The second-order valence-corrected chi connectivity index (χ2v) is 2.58. The van der Waals surface area contributed by atoms with Crippen LogP contribution in [0.25, 0.3) is 0 Å². The van der Waals surface area contributed by atoms with Crippen LogP contribution in [0, 0.1) is 5.92 Å². The molecule has 0 atom stereocenters. The van der Waals surface area contributed by atoms with E-state index in [0.717, 1.165) is 0 Å². The Labute approximate surface area is 60.5 Å². The Morgan fingerprint density at radius 3 is 2.50 bits per heavy atom. The van der Waals surface area contributed by atoms with Gasteiger partial charge < -0.3 is 15.6 Å². The number of carboxylic acids is 1. The van der Waals surface area contributed by atoms with Crippen molar-refractivity contribution in [1.82, 2.24) is 0 Å². The summed E-state index contributed by atoms with van der Waals surface area (Å²) in [4.78, 5) is 10.0. The van der Waals surface area contributed by atoms with Gasteiger partial charge >= 0.3 is 0 Å². The first kappa shape index (κ1) is 9.01. The minimum atomic E-state index is -1.29. The molecule has 0 rings (SSSR count). The van der Waals surface area contributed by atoms with E-state index in [1.54, 1.807) is 0 Å². The van der Waals surface area contributed by atoms with Gasteiger partial charge in [0.2, 0.25) is 0 Å². The highest BCUT2D eigenvalue weighted by molar-refractivity contribution is 5.83. The predicted molar refractivity (Wildman–Crippen MR) is 36.7 cm³/mol. The molecular weight excluding hydrogens is 130 g/mol. The van der Waals surface area contributed by atoms with Gasteiger partial charge in [0, 0.05) is 0 Å². The molecule has 0 bridgehead atoms. The van der Waals surface area contributed by atoms with E-state index in [1.807, 2.05) is 13.8 Å². The van der Waals surface area contributed by atoms with Crippen molar-refractivity contribution in [2.45, 2.75) is 20.3 Å². The summed E-state index contributed by atoms with van der Waals surface area (Å²) >= 11 is 0. The molecule has 0 radical (unpaired) electrons. The summed E-state index contributed by atoms with van der Waals surface area (Å²) in [5.74, 6) is -0.862. The molecule has 0 fully saturated rings. The third kappa shape index (κ3) is 3.95. The van der Waals surface area contributed by atoms with Crippen LogP contribution in [-0.2, 0) is 4.79 Å². The maximum atomic E-state index is 10.0. The number of hydrogen-bond acceptors (Lipinski definition) is 3. The van der Waals surface area contributed by atoms with Gasteiger partial charge in [0.25, 0.3) is 0 Å². The van der Waals surface area contributed by atoms with E-state index < -0.39 is 5.97 Å². The topological polar surface area (TPSA) is 66.2 Å². The molecule has 0 aromatic carbocycles. The number of allylic oxidation sites excluding steroid dienone is 1. The maximum absolute atomic E-state index is 10.0. The van der Waals surface area contributed by atoms with Crippen molar-refractivity contribution in [3.8, 4) is 0 Å². The first-order valence-electron chi connectivity index (χ1n) is 3.21. The fourth-order valence-corrected chi connectivity index (χ4v) is 0.446. The fourth-order valence-electron chi connectivity index (χ4n) is 0.446. The van der Waals surface area contributed by atoms with Crippen molar-refractivity contribution in [2.75, 3.05) is 0 Å². The zero-order valence-corrected chi connectivity index (χ0v) is 6.26. The monoisotopic (exact) mass is 142 g/mol. The average Bonchev–Trinajstić information content (AvgIpc) is 1.82. The standard InChI is InChI=1S/C7H13NO2/c1-5(2)3-4-6(8)7(9)10/h4-5H,3,8H2,1-2H3,(H,9,10)/p-1/b6-4-. The average molecular weight is 142 g/mol. The molecule has 58 valence electrons. The molecule has 3 nitrogen and oxygen atoms in total. The summed E-state index contributed by atoms with van der Waals surface area (Å²) in [6.45, 7) is 3.97. The molecule has 0 aliphatic heterocycles. The highest BCUT2D eigenvalue weighted by atomic mass is 16.4. The molecule has 2 N–H and O–H groups in total. The zero-order chi connectivity index (χ0) is 8.15. The second kappa shape index (κ2) is 3.93. The van der Waals surface area contributed by atoms with Crippen molar-refractivity contribution in [3.05, 3.63) is 11.8 Å². The molecule has 0 saturated heterocycles. The van der Waals surface area contributed by atoms with Crippen molar-refractivity contribution < 1.29 is 9.90 Å². The number of carbonyl (C=O) groups is 1. The van der Waals surface area contributed by atoms with Gasteiger partial charge in [0.05, 0.1) is 11.7 Å². The highest BCUT2D eigenvalue weighted by Gasteiger charge is 1.92. The van der Waals surface area contributed by atoms with Crippen LogP contribution in [0.3, 0.4) is 0 Å². The molecule has 0 aliphatic carbocycles. The number of rotatable bonds is 3. The van der Waals surface area contributed by atoms with E-state index in [-0.39, 0.29) is 5.70 Å². The fraction of sp³-hybridized carbons (Fsp3) is 0.571. The van der Waals surface area contributed by atoms with Gasteiger partial charge in [-0.15, -0.1) is 0 Å². The van der Waals surface area contributed by atoms with Gasteiger partial charge in [-0.2, -0.15) is 0 Å². The Morgan fingerprint density at radius 1 is 1.70 bits per heavy atom. The molecule has 10 heavy (non-hydrogen) atoms. The van der Waals surface area contributed by atoms with Crippen LogP contribution in [0.1, 0.15) is 20.3 Å². The van der Waals surface area contributed by atoms with Crippen LogP contribution in [0.5, 0.6) is 0 Å². The van der Waals surface area contributed by atoms with Crippen LogP contribution in [0.15, 0.2) is 11.8 Å². The Bertz CT molecular complexity index is 150. The van der Waals surface area contributed by atoms with E-state index in [2.05, 4.69) is 0 Å². The van der Waals surface area contributed by atoms with Gasteiger partial charge in [0.15, 0.2) is 0 Å².